The van der Waals surface area contributed by atoms with Gasteiger partial charge in [-0.05, 0) is 13.8 Å². The number of hydrogen-bond acceptors (Lipinski definition) is 9. The first kappa shape index (κ1) is 21.4. The monoisotopic (exact) mass is 420 g/mol. The highest BCUT2D eigenvalue weighted by atomic mass is 32.2. The fourth-order valence-corrected chi connectivity index (χ4v) is 5.59. The van der Waals surface area contributed by atoms with Crippen LogP contribution < -0.4 is 5.32 Å². The molecule has 0 spiro atoms. The first-order chi connectivity index (χ1) is 12.7. The largest absolute Gasteiger partial charge is 0.477 e. The van der Waals surface area contributed by atoms with Gasteiger partial charge >= 0.3 is 18.0 Å². The van der Waals surface area contributed by atoms with Crippen LogP contribution in [0.25, 0.3) is 0 Å². The number of carbonyl (C=O) groups excluding carboxylic acids is 3. The highest BCUT2D eigenvalue weighted by Crippen LogP contribution is 2.53. The lowest BCUT2D eigenvalue weighted by Gasteiger charge is -2.43. The maximum Gasteiger partial charge on any atom is 0.407 e. The zero-order valence-electron chi connectivity index (χ0n) is 14.8. The molecule has 27 heavy (non-hydrogen) atoms. The molecule has 0 aromatic carbocycles. The molecule has 0 aromatic rings. The molecular formula is C15H20N2O8S2. The topological polar surface area (TPSA) is 142 Å². The number of rotatable bonds is 8. The normalized spacial score (nSPS) is 23.3. The maximum atomic E-state index is 12.2. The van der Waals surface area contributed by atoms with Crippen LogP contribution in [0.2, 0.25) is 0 Å². The number of aliphatic carboxylic acids is 1. The summed E-state index contributed by atoms with van der Waals surface area (Å²) in [6.07, 6.45) is -1.70. The number of aliphatic hydroxyl groups is 1. The van der Waals surface area contributed by atoms with Crippen molar-refractivity contribution in [3.05, 3.63) is 9.93 Å². The van der Waals surface area contributed by atoms with Gasteiger partial charge in [-0.1, -0.05) is 11.8 Å². The Labute approximate surface area is 163 Å². The minimum absolute atomic E-state index is 0.0152. The summed E-state index contributed by atoms with van der Waals surface area (Å²) >= 11 is 2.15. The summed E-state index contributed by atoms with van der Waals surface area (Å²) in [5, 5.41) is 21.0. The van der Waals surface area contributed by atoms with E-state index in [0.717, 1.165) is 35.5 Å². The van der Waals surface area contributed by atoms with Crippen molar-refractivity contribution in [1.82, 2.24) is 10.2 Å². The molecule has 150 valence electrons. The number of amides is 2. The van der Waals surface area contributed by atoms with E-state index in [9.17, 15) is 29.4 Å². The number of aliphatic hydroxyl groups excluding tert-OH is 1. The van der Waals surface area contributed by atoms with E-state index in [1.165, 1.54) is 6.92 Å². The van der Waals surface area contributed by atoms with Crippen molar-refractivity contribution in [3.8, 4) is 0 Å². The molecule has 4 atom stereocenters. The molecule has 2 heterocycles. The van der Waals surface area contributed by atoms with Gasteiger partial charge in [-0.3, -0.25) is 9.69 Å². The predicted octanol–water partition coefficient (Wildman–Crippen LogP) is 0.173. The molecule has 2 aliphatic rings. The zero-order valence-corrected chi connectivity index (χ0v) is 16.5. The second-order valence-corrected chi connectivity index (χ2v) is 8.09. The van der Waals surface area contributed by atoms with E-state index in [0.29, 0.717) is 4.24 Å². The van der Waals surface area contributed by atoms with E-state index in [1.54, 1.807) is 6.92 Å². The number of nitrogens with zero attached hydrogens (tertiary/aromatic N) is 1. The molecule has 2 rings (SSSR count). The van der Waals surface area contributed by atoms with E-state index in [1.807, 2.05) is 0 Å². The molecule has 2 aliphatic heterocycles. The molecule has 0 aliphatic carbocycles. The van der Waals surface area contributed by atoms with E-state index in [-0.39, 0.29) is 18.1 Å². The number of ether oxygens (including phenoxy) is 2. The van der Waals surface area contributed by atoms with Gasteiger partial charge < -0.3 is 25.0 Å². The van der Waals surface area contributed by atoms with Crippen molar-refractivity contribution >= 4 is 47.5 Å². The van der Waals surface area contributed by atoms with E-state index in [4.69, 9.17) is 4.74 Å². The average molecular weight is 420 g/mol. The number of nitrogens with one attached hydrogen (secondary N) is 1. The molecule has 1 unspecified atom stereocenters. The van der Waals surface area contributed by atoms with Crippen LogP contribution in [-0.4, -0.2) is 76.0 Å². The molecule has 0 aromatic heterocycles. The van der Waals surface area contributed by atoms with Crippen molar-refractivity contribution in [2.45, 2.75) is 31.4 Å². The molecular weight excluding hydrogens is 400 g/mol. The third-order valence-electron chi connectivity index (χ3n) is 3.90. The molecule has 10 nitrogen and oxygen atoms in total. The van der Waals surface area contributed by atoms with Crippen molar-refractivity contribution in [2.24, 2.45) is 5.92 Å². The highest BCUT2D eigenvalue weighted by Gasteiger charge is 2.57. The Bertz CT molecular complexity index is 681. The Kier molecular flexibility index (Phi) is 7.00. The van der Waals surface area contributed by atoms with Crippen molar-refractivity contribution < 1.29 is 38.9 Å². The van der Waals surface area contributed by atoms with Crippen LogP contribution in [0.4, 0.5) is 4.79 Å². The molecule has 0 saturated carbocycles. The van der Waals surface area contributed by atoms with Gasteiger partial charge in [0, 0.05) is 5.75 Å². The number of carbonyl (C=O) groups is 4. The smallest absolute Gasteiger partial charge is 0.407 e. The highest BCUT2D eigenvalue weighted by molar-refractivity contribution is 8.22. The number of fused-ring (bicyclic) bond motifs is 1. The van der Waals surface area contributed by atoms with Gasteiger partial charge in [-0.2, -0.15) is 0 Å². The lowest BCUT2D eigenvalue weighted by Crippen LogP contribution is -2.60. The number of methoxy groups -OCH3 is 1. The first-order valence-electron chi connectivity index (χ1n) is 8.02. The Balaban J connectivity index is 2.12. The molecule has 3 N–H and O–H groups in total. The average Bonchev–Trinajstić information content (AvgIpc) is 2.92. The van der Waals surface area contributed by atoms with Gasteiger partial charge in [0.25, 0.3) is 0 Å². The SMILES string of the molecule is CCOC(=O)N[C@H](CSC1=C(C(=O)O)N2C(=O)[C@H](C(C)O)[C@H]2S1)C(=O)OC. The maximum absolute atomic E-state index is 12.2. The summed E-state index contributed by atoms with van der Waals surface area (Å²) < 4.78 is 9.70. The minimum atomic E-state index is -1.28. The Morgan fingerprint density at radius 1 is 1.41 bits per heavy atom. The second-order valence-electron chi connectivity index (χ2n) is 5.68. The van der Waals surface area contributed by atoms with Crippen LogP contribution in [0.15, 0.2) is 9.93 Å². The number of β-lactam (4-membered cyclic amide) rings is 1. The van der Waals surface area contributed by atoms with Crippen LogP contribution in [0, 0.1) is 5.92 Å². The summed E-state index contributed by atoms with van der Waals surface area (Å²) in [7, 11) is 1.16. The summed E-state index contributed by atoms with van der Waals surface area (Å²) in [6.45, 7) is 3.21. The number of esters is 1. The first-order valence-corrected chi connectivity index (χ1v) is 9.88. The van der Waals surface area contributed by atoms with Crippen LogP contribution in [0.1, 0.15) is 13.8 Å². The molecule has 1 saturated heterocycles. The summed E-state index contributed by atoms with van der Waals surface area (Å²) in [5.74, 6) is -3.14. The van der Waals surface area contributed by atoms with Crippen molar-refractivity contribution in [2.75, 3.05) is 19.5 Å². The Hall–Kier alpha value is -1.92. The molecule has 2 amide bonds. The van der Waals surface area contributed by atoms with E-state index < -0.39 is 47.4 Å². The fourth-order valence-electron chi connectivity index (χ4n) is 2.64. The molecule has 0 radical (unpaired) electrons. The van der Waals surface area contributed by atoms with Crippen LogP contribution in [0.3, 0.4) is 0 Å². The van der Waals surface area contributed by atoms with E-state index >= 15 is 0 Å². The number of alkyl carbamates (subject to hydrolysis) is 1. The van der Waals surface area contributed by atoms with Crippen LogP contribution in [0.5, 0.6) is 0 Å². The summed E-state index contributed by atoms with van der Waals surface area (Å²) in [4.78, 5) is 48.3. The number of hydrogen-bond donors (Lipinski definition) is 3. The zero-order chi connectivity index (χ0) is 20.3. The lowest BCUT2D eigenvalue weighted by molar-refractivity contribution is -0.156. The Morgan fingerprint density at radius 2 is 2.07 bits per heavy atom. The lowest BCUT2D eigenvalue weighted by atomic mass is 9.92. The van der Waals surface area contributed by atoms with Gasteiger partial charge in [0.1, 0.15) is 11.4 Å². The number of carboxylic acids is 1. The number of thioether (sulfide) groups is 2. The fraction of sp³-hybridized carbons (Fsp3) is 0.600. The standard InChI is InChI=1S/C15H20N2O8S2/c1-4-25-15(23)16-7(13(22)24-3)5-26-14-9(12(20)21)17-10(19)8(6(2)18)11(17)27-14/h6-8,11,18H,4-5H2,1-3H3,(H,16,23)(H,20,21)/t6?,7-,8+,11-/m1/s1. The second kappa shape index (κ2) is 8.85. The number of carboxylic acid groups (broad SMARTS) is 1. The van der Waals surface area contributed by atoms with Gasteiger partial charge in [0.05, 0.1) is 30.0 Å². The molecule has 0 bridgehead atoms. The minimum Gasteiger partial charge on any atom is -0.477 e. The van der Waals surface area contributed by atoms with Crippen LogP contribution >= 0.6 is 23.5 Å². The third kappa shape index (κ3) is 4.33. The van der Waals surface area contributed by atoms with Gasteiger partial charge in [0.15, 0.2) is 5.70 Å². The molecule has 1 fully saturated rings. The van der Waals surface area contributed by atoms with Crippen molar-refractivity contribution in [3.63, 3.8) is 0 Å². The van der Waals surface area contributed by atoms with Gasteiger partial charge in [0.2, 0.25) is 5.91 Å². The van der Waals surface area contributed by atoms with Gasteiger partial charge in [-0.25, -0.2) is 14.4 Å². The summed E-state index contributed by atoms with van der Waals surface area (Å²) in [6, 6.07) is -1.06. The van der Waals surface area contributed by atoms with Crippen LogP contribution in [-0.2, 0) is 23.9 Å². The Morgan fingerprint density at radius 3 is 2.59 bits per heavy atom. The predicted molar refractivity (Wildman–Crippen MR) is 96.5 cm³/mol. The third-order valence-corrected chi connectivity index (χ3v) is 6.65. The summed E-state index contributed by atoms with van der Waals surface area (Å²) in [5.41, 5.74) is -0.184. The van der Waals surface area contributed by atoms with Gasteiger partial charge in [-0.15, -0.1) is 11.8 Å². The molecule has 12 heteroatoms. The van der Waals surface area contributed by atoms with Crippen molar-refractivity contribution in [1.29, 1.82) is 0 Å². The van der Waals surface area contributed by atoms with E-state index in [2.05, 4.69) is 10.1 Å². The quantitative estimate of drug-likeness (QED) is 0.367.